The Hall–Kier alpha value is -1.44. The molecular weight excluding hydrogens is 299 g/mol. The van der Waals surface area contributed by atoms with Crippen LogP contribution in [-0.4, -0.2) is 38.3 Å². The van der Waals surface area contributed by atoms with Crippen LogP contribution in [0.15, 0.2) is 18.2 Å². The Labute approximate surface area is 125 Å². The van der Waals surface area contributed by atoms with Crippen molar-refractivity contribution in [1.82, 2.24) is 0 Å². The molecule has 7 heteroatoms. The number of carboxylic acid groups (broad SMARTS) is 1. The van der Waals surface area contributed by atoms with Crippen molar-refractivity contribution >= 4 is 22.8 Å². The predicted octanol–water partition coefficient (Wildman–Crippen LogP) is 1.52. The van der Waals surface area contributed by atoms with Crippen LogP contribution in [0.2, 0.25) is 0 Å². The van der Waals surface area contributed by atoms with E-state index in [1.54, 1.807) is 0 Å². The van der Waals surface area contributed by atoms with Crippen molar-refractivity contribution in [3.8, 4) is 0 Å². The number of carbonyl (C=O) groups is 2. The number of benzene rings is 1. The number of hydrogen-bond donors (Lipinski definition) is 3. The number of aliphatic hydroxyl groups is 2. The molecule has 116 valence electrons. The summed E-state index contributed by atoms with van der Waals surface area (Å²) >= 11 is 0.873. The highest BCUT2D eigenvalue weighted by atomic mass is 32.2. The van der Waals surface area contributed by atoms with Crippen molar-refractivity contribution < 1.29 is 29.3 Å². The van der Waals surface area contributed by atoms with Crippen molar-refractivity contribution in [2.75, 3.05) is 5.75 Å². The molecule has 0 radical (unpaired) electrons. The van der Waals surface area contributed by atoms with E-state index in [0.717, 1.165) is 17.8 Å². The van der Waals surface area contributed by atoms with Gasteiger partial charge < -0.3 is 15.3 Å². The van der Waals surface area contributed by atoms with Crippen LogP contribution in [0.4, 0.5) is 4.39 Å². The van der Waals surface area contributed by atoms with Gasteiger partial charge in [-0.2, -0.15) is 0 Å². The number of hydrogen-bond acceptors (Lipinski definition) is 5. The first-order valence-corrected chi connectivity index (χ1v) is 7.29. The van der Waals surface area contributed by atoms with Gasteiger partial charge in [0.1, 0.15) is 11.9 Å². The summed E-state index contributed by atoms with van der Waals surface area (Å²) < 4.78 is 13.8. The summed E-state index contributed by atoms with van der Waals surface area (Å²) in [6.45, 7) is 1.35. The molecule has 0 bridgehead atoms. The molecule has 1 rings (SSSR count). The zero-order chi connectivity index (χ0) is 16.0. The molecule has 0 aliphatic rings. The van der Waals surface area contributed by atoms with E-state index in [4.69, 9.17) is 5.11 Å². The maximum atomic E-state index is 13.8. The highest BCUT2D eigenvalue weighted by Gasteiger charge is 2.20. The maximum absolute atomic E-state index is 13.8. The zero-order valence-corrected chi connectivity index (χ0v) is 12.3. The molecule has 0 fully saturated rings. The number of aryl methyl sites for hydroxylation is 1. The van der Waals surface area contributed by atoms with E-state index in [0.29, 0.717) is 0 Å². The molecule has 2 unspecified atom stereocenters. The van der Waals surface area contributed by atoms with Crippen molar-refractivity contribution in [3.05, 3.63) is 35.1 Å². The summed E-state index contributed by atoms with van der Waals surface area (Å²) in [5, 5.41) is 28.0. The lowest BCUT2D eigenvalue weighted by molar-refractivity contribution is -0.137. The van der Waals surface area contributed by atoms with Crippen LogP contribution in [0.1, 0.15) is 30.6 Å². The Morgan fingerprint density at radius 1 is 1.33 bits per heavy atom. The van der Waals surface area contributed by atoms with E-state index < -0.39 is 24.0 Å². The second-order valence-corrected chi connectivity index (χ2v) is 5.76. The number of halogens is 1. The van der Waals surface area contributed by atoms with Gasteiger partial charge in [-0.1, -0.05) is 23.9 Å². The minimum absolute atomic E-state index is 0.0128. The normalized spacial score (nSPS) is 13.7. The van der Waals surface area contributed by atoms with Crippen molar-refractivity contribution in [2.24, 2.45) is 0 Å². The topological polar surface area (TPSA) is 94.8 Å². The number of aliphatic carboxylic acids is 1. The van der Waals surface area contributed by atoms with Gasteiger partial charge in [-0.05, 0) is 23.6 Å². The van der Waals surface area contributed by atoms with E-state index in [2.05, 4.69) is 0 Å². The fraction of sp³-hybridized carbons (Fsp3) is 0.429. The third kappa shape index (κ3) is 5.82. The lowest BCUT2D eigenvalue weighted by Gasteiger charge is -2.18. The van der Waals surface area contributed by atoms with Crippen LogP contribution >= 0.6 is 11.8 Å². The molecule has 0 aliphatic carbocycles. The fourth-order valence-electron chi connectivity index (χ4n) is 1.71. The maximum Gasteiger partial charge on any atom is 0.303 e. The molecule has 21 heavy (non-hydrogen) atoms. The fourth-order valence-corrected chi connectivity index (χ4v) is 2.30. The largest absolute Gasteiger partial charge is 0.481 e. The molecule has 0 spiro atoms. The third-order valence-electron chi connectivity index (χ3n) is 2.85. The first-order chi connectivity index (χ1) is 9.81. The van der Waals surface area contributed by atoms with Gasteiger partial charge in [0.15, 0.2) is 5.12 Å². The van der Waals surface area contributed by atoms with Gasteiger partial charge in [0.2, 0.25) is 0 Å². The van der Waals surface area contributed by atoms with Gasteiger partial charge in [-0.15, -0.1) is 0 Å². The quantitative estimate of drug-likeness (QED) is 0.706. The number of rotatable bonds is 7. The first-order valence-electron chi connectivity index (χ1n) is 6.31. The summed E-state index contributed by atoms with van der Waals surface area (Å²) in [6, 6.07) is 3.90. The summed E-state index contributed by atoms with van der Waals surface area (Å²) in [6.07, 6.45) is -2.63. The van der Waals surface area contributed by atoms with E-state index in [1.807, 2.05) is 0 Å². The molecule has 1 aromatic rings. The Bertz CT molecular complexity index is 520. The van der Waals surface area contributed by atoms with Crippen LogP contribution in [0.3, 0.4) is 0 Å². The number of aliphatic hydroxyl groups excluding tert-OH is 2. The minimum atomic E-state index is -1.31. The Morgan fingerprint density at radius 2 is 2.00 bits per heavy atom. The summed E-state index contributed by atoms with van der Waals surface area (Å²) in [7, 11) is 0. The molecule has 0 saturated carbocycles. The summed E-state index contributed by atoms with van der Waals surface area (Å²) in [4.78, 5) is 21.2. The van der Waals surface area contributed by atoms with Gasteiger partial charge in [-0.25, -0.2) is 4.39 Å². The highest BCUT2D eigenvalue weighted by Crippen LogP contribution is 2.22. The molecule has 1 aromatic carbocycles. The predicted molar refractivity (Wildman–Crippen MR) is 76.5 cm³/mol. The van der Waals surface area contributed by atoms with Crippen LogP contribution in [0.25, 0.3) is 0 Å². The monoisotopic (exact) mass is 316 g/mol. The van der Waals surface area contributed by atoms with E-state index in [9.17, 15) is 24.2 Å². The van der Waals surface area contributed by atoms with Crippen LogP contribution in [0.5, 0.6) is 0 Å². The molecule has 0 aliphatic heterocycles. The van der Waals surface area contributed by atoms with Crippen molar-refractivity contribution in [2.45, 2.75) is 32.0 Å². The van der Waals surface area contributed by atoms with Crippen molar-refractivity contribution in [3.63, 3.8) is 0 Å². The van der Waals surface area contributed by atoms with E-state index in [-0.39, 0.29) is 34.8 Å². The Balaban J connectivity index is 2.73. The van der Waals surface area contributed by atoms with Gasteiger partial charge >= 0.3 is 5.97 Å². The number of carboxylic acids is 1. The van der Waals surface area contributed by atoms with E-state index in [1.165, 1.54) is 19.1 Å². The SMILES string of the molecule is CC(=O)SCC(O)C(O)c1ccc(CCC(=O)O)c(F)c1. The molecule has 0 heterocycles. The van der Waals surface area contributed by atoms with Gasteiger partial charge in [-0.3, -0.25) is 9.59 Å². The minimum Gasteiger partial charge on any atom is -0.481 e. The molecular formula is C14H17FO5S. The van der Waals surface area contributed by atoms with Gasteiger partial charge in [0.05, 0.1) is 6.10 Å². The molecule has 0 aromatic heterocycles. The lowest BCUT2D eigenvalue weighted by atomic mass is 10.0. The molecule has 0 saturated heterocycles. The molecule has 5 nitrogen and oxygen atoms in total. The molecule has 3 N–H and O–H groups in total. The van der Waals surface area contributed by atoms with Gasteiger partial charge in [0.25, 0.3) is 0 Å². The second kappa shape index (κ2) is 8.11. The molecule has 0 amide bonds. The average molecular weight is 316 g/mol. The summed E-state index contributed by atoms with van der Waals surface area (Å²) in [5.74, 6) is -1.63. The van der Waals surface area contributed by atoms with Gasteiger partial charge in [0, 0.05) is 19.1 Å². The van der Waals surface area contributed by atoms with E-state index >= 15 is 0 Å². The smallest absolute Gasteiger partial charge is 0.303 e. The van der Waals surface area contributed by atoms with Crippen LogP contribution in [0, 0.1) is 5.82 Å². The third-order valence-corrected chi connectivity index (χ3v) is 3.76. The second-order valence-electron chi connectivity index (χ2n) is 4.56. The number of thioether (sulfide) groups is 1. The Morgan fingerprint density at radius 3 is 2.52 bits per heavy atom. The Kier molecular flexibility index (Phi) is 6.80. The number of carbonyl (C=O) groups excluding carboxylic acids is 1. The lowest BCUT2D eigenvalue weighted by Crippen LogP contribution is -2.21. The molecule has 2 atom stereocenters. The first kappa shape index (κ1) is 17.6. The highest BCUT2D eigenvalue weighted by molar-refractivity contribution is 8.13. The zero-order valence-electron chi connectivity index (χ0n) is 11.5. The van der Waals surface area contributed by atoms with Crippen molar-refractivity contribution in [1.29, 1.82) is 0 Å². The van der Waals surface area contributed by atoms with Crippen LogP contribution in [-0.2, 0) is 16.0 Å². The van der Waals surface area contributed by atoms with Crippen LogP contribution < -0.4 is 0 Å². The average Bonchev–Trinajstić information content (AvgIpc) is 2.42. The standard InChI is InChI=1S/C14H17FO5S/c1-8(16)21-7-12(17)14(20)10-3-2-9(11(15)6-10)4-5-13(18)19/h2-3,6,12,14,17,20H,4-5,7H2,1H3,(H,18,19). The summed E-state index contributed by atoms with van der Waals surface area (Å²) in [5.41, 5.74) is 0.421.